The van der Waals surface area contributed by atoms with Crippen molar-refractivity contribution in [3.05, 3.63) is 59.7 Å². The van der Waals surface area contributed by atoms with Crippen LogP contribution in [0.25, 0.3) is 0 Å². The van der Waals surface area contributed by atoms with Crippen LogP contribution in [0.4, 0.5) is 20.2 Å². The van der Waals surface area contributed by atoms with Gasteiger partial charge in [0.15, 0.2) is 11.6 Å². The summed E-state index contributed by atoms with van der Waals surface area (Å²) in [6, 6.07) is 10.4. The number of benzene rings is 2. The summed E-state index contributed by atoms with van der Waals surface area (Å²) in [4.78, 5) is 26.2. The van der Waals surface area contributed by atoms with Crippen molar-refractivity contribution in [1.29, 1.82) is 0 Å². The van der Waals surface area contributed by atoms with Gasteiger partial charge in [-0.1, -0.05) is 0 Å². The summed E-state index contributed by atoms with van der Waals surface area (Å²) in [6.45, 7) is 1.81. The number of carbonyl (C=O) groups excluding carboxylic acids is 2. The van der Waals surface area contributed by atoms with Gasteiger partial charge in [0.05, 0.1) is 6.54 Å². The summed E-state index contributed by atoms with van der Waals surface area (Å²) in [6.07, 6.45) is 3.65. The lowest BCUT2D eigenvalue weighted by Crippen LogP contribution is -2.33. The van der Waals surface area contributed by atoms with Crippen molar-refractivity contribution in [2.24, 2.45) is 0 Å². The molecule has 2 aromatic rings. The molecule has 1 saturated heterocycles. The van der Waals surface area contributed by atoms with Gasteiger partial charge in [-0.25, -0.2) is 8.78 Å². The number of nitrogens with one attached hydrogen (secondary N) is 2. The van der Waals surface area contributed by atoms with Gasteiger partial charge in [0, 0.05) is 30.0 Å². The van der Waals surface area contributed by atoms with Crippen LogP contribution in [0.3, 0.4) is 0 Å². The van der Waals surface area contributed by atoms with E-state index in [2.05, 4.69) is 15.5 Å². The molecule has 1 heterocycles. The molecule has 7 heteroatoms. The molecule has 0 unspecified atom stereocenters. The van der Waals surface area contributed by atoms with E-state index < -0.39 is 23.4 Å². The Morgan fingerprint density at radius 1 is 0.926 bits per heavy atom. The maximum Gasteiger partial charge on any atom is 0.251 e. The van der Waals surface area contributed by atoms with Crippen LogP contribution in [0.2, 0.25) is 0 Å². The summed E-state index contributed by atoms with van der Waals surface area (Å²) in [7, 11) is 0. The fraction of sp³-hybridized carbons (Fsp3) is 0.300. The Labute approximate surface area is 156 Å². The molecule has 2 N–H and O–H groups in total. The molecule has 0 aliphatic carbocycles. The van der Waals surface area contributed by atoms with Crippen molar-refractivity contribution in [3.63, 3.8) is 0 Å². The topological polar surface area (TPSA) is 61.4 Å². The molecule has 142 valence electrons. The minimum absolute atomic E-state index is 0.0485. The molecule has 27 heavy (non-hydrogen) atoms. The normalized spacial score (nSPS) is 13.9. The smallest absolute Gasteiger partial charge is 0.251 e. The Kier molecular flexibility index (Phi) is 6.01. The first-order chi connectivity index (χ1) is 13.0. The Morgan fingerprint density at radius 3 is 2.30 bits per heavy atom. The second-order valence-corrected chi connectivity index (χ2v) is 6.45. The third kappa shape index (κ3) is 5.03. The molecule has 2 amide bonds. The van der Waals surface area contributed by atoms with Crippen LogP contribution in [0, 0.1) is 11.6 Å². The van der Waals surface area contributed by atoms with Crippen LogP contribution in [0.1, 0.15) is 29.6 Å². The van der Waals surface area contributed by atoms with Crippen LogP contribution in [0.15, 0.2) is 42.5 Å². The second kappa shape index (κ2) is 8.62. The van der Waals surface area contributed by atoms with Gasteiger partial charge in [0.2, 0.25) is 5.91 Å². The van der Waals surface area contributed by atoms with Gasteiger partial charge < -0.3 is 15.5 Å². The quantitative estimate of drug-likeness (QED) is 0.845. The number of halogens is 2. The molecule has 2 aromatic carbocycles. The summed E-state index contributed by atoms with van der Waals surface area (Å²) in [5, 5.41) is 5.07. The number of carbonyl (C=O) groups is 2. The van der Waals surface area contributed by atoms with Crippen LogP contribution in [-0.4, -0.2) is 31.4 Å². The van der Waals surface area contributed by atoms with Gasteiger partial charge in [-0.3, -0.25) is 9.59 Å². The van der Waals surface area contributed by atoms with Gasteiger partial charge in [-0.15, -0.1) is 0 Å². The number of piperidine rings is 1. The third-order valence-electron chi connectivity index (χ3n) is 4.46. The first-order valence-corrected chi connectivity index (χ1v) is 8.91. The van der Waals surface area contributed by atoms with Crippen molar-refractivity contribution in [2.45, 2.75) is 19.3 Å². The summed E-state index contributed by atoms with van der Waals surface area (Å²) in [5.41, 5.74) is 1.70. The first kappa shape index (κ1) is 18.8. The lowest BCUT2D eigenvalue weighted by Gasteiger charge is -2.28. The van der Waals surface area contributed by atoms with Crippen molar-refractivity contribution in [1.82, 2.24) is 5.32 Å². The zero-order valence-corrected chi connectivity index (χ0v) is 14.8. The number of rotatable bonds is 5. The zero-order valence-electron chi connectivity index (χ0n) is 14.8. The van der Waals surface area contributed by atoms with Gasteiger partial charge >= 0.3 is 0 Å². The highest BCUT2D eigenvalue weighted by atomic mass is 19.2. The van der Waals surface area contributed by atoms with Crippen molar-refractivity contribution >= 4 is 23.2 Å². The highest BCUT2D eigenvalue weighted by Crippen LogP contribution is 2.21. The van der Waals surface area contributed by atoms with E-state index in [1.54, 1.807) is 0 Å². The average molecular weight is 373 g/mol. The minimum Gasteiger partial charge on any atom is -0.372 e. The molecule has 1 aliphatic rings. The summed E-state index contributed by atoms with van der Waals surface area (Å²) < 4.78 is 26.0. The van der Waals surface area contributed by atoms with E-state index in [9.17, 15) is 18.4 Å². The first-order valence-electron chi connectivity index (χ1n) is 8.91. The third-order valence-corrected chi connectivity index (χ3v) is 4.46. The second-order valence-electron chi connectivity index (χ2n) is 6.45. The predicted octanol–water partition coefficient (Wildman–Crippen LogP) is 3.32. The van der Waals surface area contributed by atoms with Gasteiger partial charge in [-0.2, -0.15) is 0 Å². The van der Waals surface area contributed by atoms with Crippen LogP contribution in [0.5, 0.6) is 0 Å². The molecule has 0 aromatic heterocycles. The van der Waals surface area contributed by atoms with E-state index in [1.165, 1.54) is 19.3 Å². The Bertz CT molecular complexity index is 818. The molecule has 1 aliphatic heterocycles. The monoisotopic (exact) mass is 373 g/mol. The maximum atomic E-state index is 13.2. The molecular weight excluding hydrogens is 352 g/mol. The molecule has 0 bridgehead atoms. The molecule has 0 saturated carbocycles. The molecule has 3 rings (SSSR count). The summed E-state index contributed by atoms with van der Waals surface area (Å²) in [5.74, 6) is -3.20. The fourth-order valence-electron chi connectivity index (χ4n) is 3.01. The molecule has 0 radical (unpaired) electrons. The molecule has 0 atom stereocenters. The zero-order chi connectivity index (χ0) is 19.2. The van der Waals surface area contributed by atoms with E-state index in [4.69, 9.17) is 0 Å². The molecule has 1 fully saturated rings. The maximum absolute atomic E-state index is 13.2. The number of nitrogens with zero attached hydrogens (tertiary/aromatic N) is 1. The molecular formula is C20H21F2N3O2. The van der Waals surface area contributed by atoms with Crippen molar-refractivity contribution < 1.29 is 18.4 Å². The number of anilines is 2. The number of amides is 2. The standard InChI is InChI=1S/C20H21F2N3O2/c21-17-9-4-14(12-18(17)22)20(27)23-13-19(26)24-15-5-7-16(8-6-15)25-10-2-1-3-11-25/h4-9,12H,1-3,10-11,13H2,(H,23,27)(H,24,26). The highest BCUT2D eigenvalue weighted by molar-refractivity contribution is 5.99. The van der Waals surface area contributed by atoms with Crippen molar-refractivity contribution in [2.75, 3.05) is 29.9 Å². The summed E-state index contributed by atoms with van der Waals surface area (Å²) >= 11 is 0. The lowest BCUT2D eigenvalue weighted by atomic mass is 10.1. The van der Waals surface area contributed by atoms with Gasteiger partial charge in [-0.05, 0) is 61.7 Å². The van der Waals surface area contributed by atoms with Crippen LogP contribution < -0.4 is 15.5 Å². The Morgan fingerprint density at radius 2 is 1.63 bits per heavy atom. The van der Waals surface area contributed by atoms with E-state index in [0.717, 1.165) is 37.0 Å². The van der Waals surface area contributed by atoms with E-state index >= 15 is 0 Å². The molecule has 0 spiro atoms. The van der Waals surface area contributed by atoms with E-state index in [0.29, 0.717) is 5.69 Å². The van der Waals surface area contributed by atoms with E-state index in [-0.39, 0.29) is 12.1 Å². The van der Waals surface area contributed by atoms with Crippen molar-refractivity contribution in [3.8, 4) is 0 Å². The van der Waals surface area contributed by atoms with Crippen LogP contribution >= 0.6 is 0 Å². The Hall–Kier alpha value is -2.96. The average Bonchev–Trinajstić information content (AvgIpc) is 2.69. The Balaban J connectivity index is 1.50. The fourth-order valence-corrected chi connectivity index (χ4v) is 3.01. The largest absolute Gasteiger partial charge is 0.372 e. The lowest BCUT2D eigenvalue weighted by molar-refractivity contribution is -0.115. The number of hydrogen-bond acceptors (Lipinski definition) is 3. The number of hydrogen-bond donors (Lipinski definition) is 2. The van der Waals surface area contributed by atoms with Crippen LogP contribution in [-0.2, 0) is 4.79 Å². The minimum atomic E-state index is -1.11. The predicted molar refractivity (Wildman–Crippen MR) is 99.8 cm³/mol. The SMILES string of the molecule is O=C(CNC(=O)c1ccc(F)c(F)c1)Nc1ccc(N2CCCCC2)cc1. The van der Waals surface area contributed by atoms with E-state index in [1.807, 2.05) is 24.3 Å². The van der Waals surface area contributed by atoms with Gasteiger partial charge in [0.1, 0.15) is 0 Å². The van der Waals surface area contributed by atoms with Gasteiger partial charge in [0.25, 0.3) is 5.91 Å². The molecule has 5 nitrogen and oxygen atoms in total. The highest BCUT2D eigenvalue weighted by Gasteiger charge is 2.13.